The molecule has 0 radical (unpaired) electrons. The molecule has 0 aliphatic carbocycles. The zero-order chi connectivity index (χ0) is 7.44. The van der Waals surface area contributed by atoms with Crippen molar-refractivity contribution in [2.45, 2.75) is 0 Å². The van der Waals surface area contributed by atoms with Crippen LogP contribution in [-0.2, 0) is 11.3 Å². The molecule has 0 spiro atoms. The van der Waals surface area contributed by atoms with Crippen molar-refractivity contribution in [2.75, 3.05) is 28.2 Å². The van der Waals surface area contributed by atoms with E-state index >= 15 is 0 Å². The van der Waals surface area contributed by atoms with Crippen molar-refractivity contribution in [3.05, 3.63) is 12.0 Å². The highest BCUT2D eigenvalue weighted by Crippen LogP contribution is 2.02. The largest absolute Gasteiger partial charge is 0.198 e. The molecule has 0 fully saturated rings. The Bertz CT molecular complexity index is 83.1. The van der Waals surface area contributed by atoms with Gasteiger partial charge in [-0.05, 0) is 6.58 Å². The second-order valence-corrected chi connectivity index (χ2v) is 4.46. The summed E-state index contributed by atoms with van der Waals surface area (Å²) in [7, 11) is 8.19. The van der Waals surface area contributed by atoms with Gasteiger partial charge in [-0.3, -0.25) is 0 Å². The first-order valence-electron chi connectivity index (χ1n) is 2.80. The first kappa shape index (κ1) is 9.01. The van der Waals surface area contributed by atoms with Gasteiger partial charge in [-0.1, -0.05) is 0 Å². The quantitative estimate of drug-likeness (QED) is 0.542. The first-order valence-corrected chi connectivity index (χ1v) is 4.00. The predicted molar refractivity (Wildman–Crippen MR) is 44.9 cm³/mol. The van der Waals surface area contributed by atoms with Crippen LogP contribution in [-0.4, -0.2) is 36.8 Å². The molecule has 0 bridgehead atoms. The molecule has 3 heteroatoms. The van der Waals surface area contributed by atoms with E-state index in [9.17, 15) is 0 Å². The Morgan fingerprint density at radius 1 is 1.11 bits per heavy atom. The normalized spacial score (nSPS) is 11.4. The van der Waals surface area contributed by atoms with Crippen molar-refractivity contribution in [1.82, 2.24) is 8.61 Å². The third-order valence-corrected chi connectivity index (χ3v) is 2.69. The molecule has 0 aliphatic heterocycles. The summed E-state index contributed by atoms with van der Waals surface area (Å²) in [6, 6.07) is 0. The Balaban J connectivity index is 3.82. The van der Waals surface area contributed by atoms with E-state index in [1.165, 1.54) is 0 Å². The van der Waals surface area contributed by atoms with Crippen molar-refractivity contribution >= 4 is 11.3 Å². The first-order chi connectivity index (χ1) is 4.09. The molecule has 0 unspecified atom stereocenters. The highest BCUT2D eigenvalue weighted by molar-refractivity contribution is 7.95. The minimum atomic E-state index is 0.0957. The van der Waals surface area contributed by atoms with Crippen molar-refractivity contribution in [1.29, 1.82) is 0 Å². The standard InChI is InChI=1S/C6H15N2S/c1-6-9(7(2)3)8(4)5/h6H,1H2,2-5H3/q+1. The van der Waals surface area contributed by atoms with E-state index in [0.29, 0.717) is 0 Å². The molecule has 2 nitrogen and oxygen atoms in total. The van der Waals surface area contributed by atoms with Crippen LogP contribution in [0.1, 0.15) is 0 Å². The van der Waals surface area contributed by atoms with Gasteiger partial charge >= 0.3 is 0 Å². The van der Waals surface area contributed by atoms with Crippen molar-refractivity contribution < 1.29 is 0 Å². The summed E-state index contributed by atoms with van der Waals surface area (Å²) in [5.41, 5.74) is 0. The maximum absolute atomic E-state index is 3.73. The maximum atomic E-state index is 3.73. The smallest absolute Gasteiger partial charge is 0.109 e. The SMILES string of the molecule is C=C[S+](N(C)C)N(C)C. The third-order valence-electron chi connectivity index (χ3n) is 0.897. The minimum Gasteiger partial charge on any atom is -0.109 e. The summed E-state index contributed by atoms with van der Waals surface area (Å²) >= 11 is 0.0957. The van der Waals surface area contributed by atoms with Gasteiger partial charge in [0.2, 0.25) is 0 Å². The van der Waals surface area contributed by atoms with Crippen molar-refractivity contribution in [3.8, 4) is 0 Å². The second kappa shape index (κ2) is 3.93. The number of hydrogen-bond donors (Lipinski definition) is 0. The fourth-order valence-corrected chi connectivity index (χ4v) is 1.87. The van der Waals surface area contributed by atoms with Crippen LogP contribution >= 0.6 is 0 Å². The van der Waals surface area contributed by atoms with E-state index < -0.39 is 0 Å². The molecule has 0 saturated heterocycles. The summed E-state index contributed by atoms with van der Waals surface area (Å²) in [6.07, 6.45) is 0. The van der Waals surface area contributed by atoms with Gasteiger partial charge in [-0.2, -0.15) is 0 Å². The molecule has 0 atom stereocenters. The van der Waals surface area contributed by atoms with E-state index in [2.05, 4.69) is 15.2 Å². The van der Waals surface area contributed by atoms with Crippen LogP contribution in [0.25, 0.3) is 0 Å². The summed E-state index contributed by atoms with van der Waals surface area (Å²) in [6.45, 7) is 3.73. The zero-order valence-electron chi connectivity index (χ0n) is 6.59. The lowest BCUT2D eigenvalue weighted by Crippen LogP contribution is -2.32. The van der Waals surface area contributed by atoms with Gasteiger partial charge in [0.05, 0.1) is 0 Å². The van der Waals surface area contributed by atoms with Gasteiger partial charge in [0.1, 0.15) is 0 Å². The average Bonchev–Trinajstić information content (AvgIpc) is 1.64. The lowest BCUT2D eigenvalue weighted by atomic mass is 11.2. The third kappa shape index (κ3) is 2.89. The molecule has 0 rings (SSSR count). The van der Waals surface area contributed by atoms with Crippen LogP contribution in [0.3, 0.4) is 0 Å². The monoisotopic (exact) mass is 147 g/mol. The van der Waals surface area contributed by atoms with Crippen LogP contribution in [0.5, 0.6) is 0 Å². The molecule has 0 aromatic carbocycles. The van der Waals surface area contributed by atoms with E-state index in [1.807, 2.05) is 33.6 Å². The van der Waals surface area contributed by atoms with Gasteiger partial charge in [0, 0.05) is 28.2 Å². The Kier molecular flexibility index (Phi) is 3.93. The van der Waals surface area contributed by atoms with Crippen LogP contribution in [0.15, 0.2) is 12.0 Å². The molecule has 0 saturated carbocycles. The van der Waals surface area contributed by atoms with Gasteiger partial charge in [0.15, 0.2) is 16.7 Å². The molecule has 0 heterocycles. The van der Waals surface area contributed by atoms with Crippen molar-refractivity contribution in [2.24, 2.45) is 0 Å². The van der Waals surface area contributed by atoms with E-state index in [0.717, 1.165) is 0 Å². The van der Waals surface area contributed by atoms with Crippen LogP contribution in [0.2, 0.25) is 0 Å². The highest BCUT2D eigenvalue weighted by atomic mass is 32.2. The van der Waals surface area contributed by atoms with Crippen LogP contribution in [0, 0.1) is 0 Å². The van der Waals surface area contributed by atoms with Gasteiger partial charge < -0.3 is 0 Å². The molecule has 54 valence electrons. The fourth-order valence-electron chi connectivity index (χ4n) is 0.625. The molecule has 0 amide bonds. The van der Waals surface area contributed by atoms with Gasteiger partial charge in [-0.25, -0.2) is 0 Å². The van der Waals surface area contributed by atoms with Gasteiger partial charge in [-0.15, -0.1) is 8.61 Å². The van der Waals surface area contributed by atoms with E-state index in [4.69, 9.17) is 0 Å². The minimum absolute atomic E-state index is 0.0957. The van der Waals surface area contributed by atoms with E-state index in [1.54, 1.807) is 0 Å². The Labute approximate surface area is 60.8 Å². The molecular formula is C6H15N2S+. The lowest BCUT2D eigenvalue weighted by molar-refractivity contribution is 0.599. The van der Waals surface area contributed by atoms with Crippen LogP contribution < -0.4 is 0 Å². The Morgan fingerprint density at radius 2 is 1.44 bits per heavy atom. The number of hydrogen-bond acceptors (Lipinski definition) is 2. The molecule has 0 aliphatic rings. The average molecular weight is 147 g/mol. The zero-order valence-corrected chi connectivity index (χ0v) is 7.40. The molecular weight excluding hydrogens is 132 g/mol. The molecule has 0 aromatic heterocycles. The Morgan fingerprint density at radius 3 is 1.44 bits per heavy atom. The fraction of sp³-hybridized carbons (Fsp3) is 0.667. The van der Waals surface area contributed by atoms with Crippen molar-refractivity contribution in [3.63, 3.8) is 0 Å². The van der Waals surface area contributed by atoms with E-state index in [-0.39, 0.29) is 11.3 Å². The van der Waals surface area contributed by atoms with Gasteiger partial charge in [0.25, 0.3) is 0 Å². The molecule has 0 aromatic rings. The summed E-state index contributed by atoms with van der Waals surface area (Å²) < 4.78 is 4.26. The number of rotatable bonds is 3. The Hall–Kier alpha value is 0.01000. The molecule has 0 N–H and O–H groups in total. The highest BCUT2D eigenvalue weighted by Gasteiger charge is 2.20. The topological polar surface area (TPSA) is 6.48 Å². The second-order valence-electron chi connectivity index (χ2n) is 2.08. The molecule has 9 heavy (non-hydrogen) atoms. The summed E-state index contributed by atoms with van der Waals surface area (Å²) in [4.78, 5) is 0. The number of nitrogens with zero attached hydrogens (tertiary/aromatic N) is 2. The lowest BCUT2D eigenvalue weighted by Gasteiger charge is -2.12. The maximum Gasteiger partial charge on any atom is 0.198 e. The summed E-state index contributed by atoms with van der Waals surface area (Å²) in [5, 5.41) is 1.94. The summed E-state index contributed by atoms with van der Waals surface area (Å²) in [5.74, 6) is 0. The predicted octanol–water partition coefficient (Wildman–Crippen LogP) is 0.701. The van der Waals surface area contributed by atoms with Crippen LogP contribution in [0.4, 0.5) is 0 Å².